The minimum atomic E-state index is -1.44. The first-order valence-electron chi connectivity index (χ1n) is 4.76. The Bertz CT molecular complexity index is 401. The molecular formula is C11H14BNO2S. The molecule has 1 aromatic carbocycles. The fourth-order valence-electron chi connectivity index (χ4n) is 1.20. The zero-order valence-electron chi connectivity index (χ0n) is 9.05. The molecule has 0 spiro atoms. The van der Waals surface area contributed by atoms with Gasteiger partial charge in [-0.05, 0) is 22.9 Å². The van der Waals surface area contributed by atoms with Crippen LogP contribution in [-0.4, -0.2) is 17.2 Å². The van der Waals surface area contributed by atoms with Gasteiger partial charge in [0.1, 0.15) is 0 Å². The molecule has 1 aromatic rings. The van der Waals surface area contributed by atoms with Crippen LogP contribution in [0.25, 0.3) is 4.91 Å². The fraction of sp³-hybridized carbons (Fsp3) is 0.0909. The molecule has 0 aliphatic carbocycles. The van der Waals surface area contributed by atoms with Gasteiger partial charge in [-0.1, -0.05) is 42.6 Å². The molecule has 0 amide bonds. The van der Waals surface area contributed by atoms with Crippen LogP contribution in [0.15, 0.2) is 41.9 Å². The quantitative estimate of drug-likeness (QED) is 0.678. The highest BCUT2D eigenvalue weighted by molar-refractivity contribution is 8.11. The topological polar surface area (TPSA) is 66.5 Å². The molecule has 0 saturated carbocycles. The summed E-state index contributed by atoms with van der Waals surface area (Å²) >= 11 is 1.48. The largest absolute Gasteiger partial charge is 0.488 e. The smallest absolute Gasteiger partial charge is 0.423 e. The summed E-state index contributed by atoms with van der Waals surface area (Å²) in [5.41, 5.74) is 6.92. The van der Waals surface area contributed by atoms with Crippen molar-refractivity contribution in [2.45, 2.75) is 6.92 Å². The first kappa shape index (κ1) is 12.9. The van der Waals surface area contributed by atoms with E-state index in [1.54, 1.807) is 24.3 Å². The first-order chi connectivity index (χ1) is 7.54. The van der Waals surface area contributed by atoms with E-state index in [0.717, 1.165) is 15.4 Å². The highest BCUT2D eigenvalue weighted by Crippen LogP contribution is 2.31. The van der Waals surface area contributed by atoms with E-state index in [4.69, 9.17) is 15.8 Å². The van der Waals surface area contributed by atoms with E-state index in [9.17, 15) is 0 Å². The Balaban J connectivity index is 2.91. The molecule has 5 heteroatoms. The van der Waals surface area contributed by atoms with Crippen molar-refractivity contribution in [3.05, 3.63) is 47.5 Å². The first-order valence-corrected chi connectivity index (χ1v) is 5.58. The second-order valence-electron chi connectivity index (χ2n) is 3.33. The van der Waals surface area contributed by atoms with Gasteiger partial charge in [0.2, 0.25) is 0 Å². The van der Waals surface area contributed by atoms with Crippen molar-refractivity contribution in [2.75, 3.05) is 0 Å². The molecule has 0 radical (unpaired) electrons. The highest BCUT2D eigenvalue weighted by Gasteiger charge is 2.10. The molecule has 16 heavy (non-hydrogen) atoms. The molecule has 3 nitrogen and oxygen atoms in total. The third-order valence-corrected chi connectivity index (χ3v) is 2.87. The predicted molar refractivity (Wildman–Crippen MR) is 70.8 cm³/mol. The molecule has 84 valence electrons. The van der Waals surface area contributed by atoms with Crippen LogP contribution in [0.1, 0.15) is 12.5 Å². The minimum absolute atomic E-state index is 0.459. The lowest BCUT2D eigenvalue weighted by Crippen LogP contribution is -2.29. The zero-order valence-corrected chi connectivity index (χ0v) is 9.87. The summed E-state index contributed by atoms with van der Waals surface area (Å²) in [5, 5.41) is 17.9. The van der Waals surface area contributed by atoms with Gasteiger partial charge >= 0.3 is 7.12 Å². The maximum atomic E-state index is 8.95. The van der Waals surface area contributed by atoms with Gasteiger partial charge in [0, 0.05) is 11.1 Å². The summed E-state index contributed by atoms with van der Waals surface area (Å²) in [7, 11) is -1.44. The fourth-order valence-corrected chi connectivity index (χ4v) is 1.89. The number of hydrogen-bond donors (Lipinski definition) is 3. The lowest BCUT2D eigenvalue weighted by atomic mass is 9.80. The van der Waals surface area contributed by atoms with E-state index in [0.29, 0.717) is 5.46 Å². The summed E-state index contributed by atoms with van der Waals surface area (Å²) in [6, 6.07) is 6.90. The number of nitrogens with two attached hydrogens (primary N) is 1. The van der Waals surface area contributed by atoms with Gasteiger partial charge in [-0.2, -0.15) is 0 Å². The highest BCUT2D eigenvalue weighted by atomic mass is 32.2. The number of benzene rings is 1. The minimum Gasteiger partial charge on any atom is -0.423 e. The summed E-state index contributed by atoms with van der Waals surface area (Å²) in [5.74, 6) is 0. The summed E-state index contributed by atoms with van der Waals surface area (Å²) in [6.45, 7) is 5.70. The third kappa shape index (κ3) is 3.45. The Morgan fingerprint density at radius 2 is 1.94 bits per heavy atom. The van der Waals surface area contributed by atoms with E-state index >= 15 is 0 Å². The lowest BCUT2D eigenvalue weighted by Gasteiger charge is -2.07. The van der Waals surface area contributed by atoms with Crippen LogP contribution < -0.4 is 11.2 Å². The summed E-state index contributed by atoms with van der Waals surface area (Å²) in [6.07, 6.45) is 1.52. The van der Waals surface area contributed by atoms with Crippen LogP contribution >= 0.6 is 11.8 Å². The Hall–Kier alpha value is -1.17. The van der Waals surface area contributed by atoms with E-state index in [1.165, 1.54) is 18.0 Å². The van der Waals surface area contributed by atoms with Crippen molar-refractivity contribution >= 4 is 29.2 Å². The molecule has 0 fully saturated rings. The van der Waals surface area contributed by atoms with Crippen molar-refractivity contribution in [1.29, 1.82) is 0 Å². The van der Waals surface area contributed by atoms with Crippen LogP contribution in [0.5, 0.6) is 0 Å². The van der Waals surface area contributed by atoms with Crippen LogP contribution in [0.4, 0.5) is 0 Å². The van der Waals surface area contributed by atoms with Gasteiger partial charge < -0.3 is 15.8 Å². The molecule has 0 bridgehead atoms. The van der Waals surface area contributed by atoms with Gasteiger partial charge in [-0.25, -0.2) is 0 Å². The average Bonchev–Trinajstić information content (AvgIpc) is 2.25. The van der Waals surface area contributed by atoms with Gasteiger partial charge in [0.05, 0.1) is 0 Å². The molecule has 0 aromatic heterocycles. The van der Waals surface area contributed by atoms with Crippen molar-refractivity contribution in [2.24, 2.45) is 5.73 Å². The van der Waals surface area contributed by atoms with Crippen LogP contribution in [0, 0.1) is 0 Å². The Kier molecular flexibility index (Phi) is 4.67. The Morgan fingerprint density at radius 3 is 2.31 bits per heavy atom. The normalized spacial score (nSPS) is 11.3. The van der Waals surface area contributed by atoms with E-state index < -0.39 is 7.12 Å². The predicted octanol–water partition coefficient (Wildman–Crippen LogP) is 0.890. The van der Waals surface area contributed by atoms with Gasteiger partial charge in [0.25, 0.3) is 0 Å². The van der Waals surface area contributed by atoms with Crippen molar-refractivity contribution in [3.63, 3.8) is 0 Å². The summed E-state index contributed by atoms with van der Waals surface area (Å²) in [4.78, 5) is 1.84. The third-order valence-electron chi connectivity index (χ3n) is 1.93. The average molecular weight is 235 g/mol. The maximum absolute atomic E-state index is 8.95. The number of rotatable bonds is 4. The monoisotopic (exact) mass is 235 g/mol. The van der Waals surface area contributed by atoms with Crippen LogP contribution in [-0.2, 0) is 0 Å². The van der Waals surface area contributed by atoms with Gasteiger partial charge in [-0.15, -0.1) is 0 Å². The summed E-state index contributed by atoms with van der Waals surface area (Å²) < 4.78 is 0. The maximum Gasteiger partial charge on any atom is 0.488 e. The zero-order chi connectivity index (χ0) is 12.1. The van der Waals surface area contributed by atoms with E-state index in [1.807, 2.05) is 6.92 Å². The molecule has 4 N–H and O–H groups in total. The number of thioether (sulfide) groups is 1. The molecule has 0 aliphatic heterocycles. The lowest BCUT2D eigenvalue weighted by molar-refractivity contribution is 0.426. The van der Waals surface area contributed by atoms with Crippen LogP contribution in [0.2, 0.25) is 0 Å². The SMILES string of the molecule is C=C(C)S/C(=C\N)c1ccc(B(O)O)cc1. The molecule has 0 atom stereocenters. The van der Waals surface area contributed by atoms with Gasteiger partial charge in [-0.3, -0.25) is 0 Å². The Morgan fingerprint density at radius 1 is 1.38 bits per heavy atom. The molecule has 1 rings (SSSR count). The molecular weight excluding hydrogens is 221 g/mol. The van der Waals surface area contributed by atoms with Crippen molar-refractivity contribution in [3.8, 4) is 0 Å². The van der Waals surface area contributed by atoms with E-state index in [2.05, 4.69) is 6.58 Å². The van der Waals surface area contributed by atoms with Crippen molar-refractivity contribution in [1.82, 2.24) is 0 Å². The second-order valence-corrected chi connectivity index (χ2v) is 4.67. The van der Waals surface area contributed by atoms with Crippen LogP contribution in [0.3, 0.4) is 0 Å². The number of allylic oxidation sites excluding steroid dienone is 1. The standard InChI is InChI=1S/C11H14BNO2S/c1-8(2)16-11(7-13)9-3-5-10(6-4-9)12(14)15/h3-7,14-15H,1,13H2,2H3/b11-7-. The molecule has 0 saturated heterocycles. The van der Waals surface area contributed by atoms with Crippen molar-refractivity contribution < 1.29 is 10.0 Å². The Labute approximate surface area is 99.8 Å². The molecule has 0 heterocycles. The molecule has 0 aliphatic rings. The molecule has 0 unspecified atom stereocenters. The van der Waals surface area contributed by atoms with Gasteiger partial charge in [0.15, 0.2) is 0 Å². The second kappa shape index (κ2) is 5.79. The van der Waals surface area contributed by atoms with E-state index in [-0.39, 0.29) is 0 Å². The number of hydrogen-bond acceptors (Lipinski definition) is 4.